The van der Waals surface area contributed by atoms with E-state index in [4.69, 9.17) is 4.74 Å². The molecule has 2 aromatic carbocycles. The first-order valence-electron chi connectivity index (χ1n) is 8.54. The molecule has 0 aliphatic heterocycles. The van der Waals surface area contributed by atoms with Gasteiger partial charge in [0.2, 0.25) is 0 Å². The Morgan fingerprint density at radius 3 is 2.63 bits per heavy atom. The lowest BCUT2D eigenvalue weighted by Gasteiger charge is -2.05. The molecule has 0 bridgehead atoms. The highest BCUT2D eigenvalue weighted by Crippen LogP contribution is 2.19. The summed E-state index contributed by atoms with van der Waals surface area (Å²) in [7, 11) is 0. The van der Waals surface area contributed by atoms with Crippen LogP contribution in [-0.4, -0.2) is 23.1 Å². The zero-order chi connectivity index (χ0) is 19.4. The quantitative estimate of drug-likeness (QED) is 0.632. The molecule has 0 unspecified atom stereocenters. The van der Waals surface area contributed by atoms with Crippen molar-refractivity contribution in [1.29, 1.82) is 0 Å². The Bertz CT molecular complexity index is 1050. The van der Waals surface area contributed by atoms with E-state index in [1.54, 1.807) is 23.6 Å². The third kappa shape index (κ3) is 4.68. The number of nitrogens with zero attached hydrogens (tertiary/aromatic N) is 2. The number of hydrogen-bond donors (Lipinski definition) is 0. The Morgan fingerprint density at radius 1 is 1.19 bits per heavy atom. The number of halogens is 1. The van der Waals surface area contributed by atoms with E-state index in [0.717, 1.165) is 15.8 Å². The van der Waals surface area contributed by atoms with Crippen molar-refractivity contribution in [3.8, 4) is 0 Å². The lowest BCUT2D eigenvalue weighted by atomic mass is 10.1. The Kier molecular flexibility index (Phi) is 5.81. The second kappa shape index (κ2) is 8.26. The number of amides is 1. The van der Waals surface area contributed by atoms with E-state index in [-0.39, 0.29) is 37.3 Å². The number of ether oxygens (including phenoxy) is 1. The average Bonchev–Trinajstić information content (AvgIpc) is 2.93. The number of thiazole rings is 1. The summed E-state index contributed by atoms with van der Waals surface area (Å²) in [5.41, 5.74) is 2.59. The van der Waals surface area contributed by atoms with Crippen LogP contribution in [-0.2, 0) is 27.3 Å². The summed E-state index contributed by atoms with van der Waals surface area (Å²) in [6, 6.07) is 11.6. The molecular formula is C20H19FN2O3S. The van der Waals surface area contributed by atoms with E-state index in [2.05, 4.69) is 4.99 Å². The number of aryl methyl sites for hydroxylation is 1. The van der Waals surface area contributed by atoms with Crippen LogP contribution in [0.2, 0.25) is 0 Å². The zero-order valence-corrected chi connectivity index (χ0v) is 15.9. The fraction of sp³-hybridized carbons (Fsp3) is 0.250. The molecule has 0 fully saturated rings. The Labute approximate surface area is 159 Å². The van der Waals surface area contributed by atoms with Crippen molar-refractivity contribution in [2.75, 3.05) is 6.61 Å². The molecule has 7 heteroatoms. The molecule has 1 amide bonds. The van der Waals surface area contributed by atoms with Crippen molar-refractivity contribution in [3.63, 3.8) is 0 Å². The molecule has 5 nitrogen and oxygen atoms in total. The minimum atomic E-state index is -0.384. The first-order valence-corrected chi connectivity index (χ1v) is 9.35. The predicted octanol–water partition coefficient (Wildman–Crippen LogP) is 3.38. The van der Waals surface area contributed by atoms with Crippen LogP contribution < -0.4 is 4.80 Å². The van der Waals surface area contributed by atoms with Crippen LogP contribution in [0.5, 0.6) is 0 Å². The van der Waals surface area contributed by atoms with Gasteiger partial charge in [-0.2, -0.15) is 4.99 Å². The van der Waals surface area contributed by atoms with Crippen molar-refractivity contribution >= 4 is 33.4 Å². The SMILES string of the molecule is CCOC(=O)Cn1c(=NC(=O)Cc2ccc(F)cc2)sc2cc(C)ccc21. The molecule has 0 spiro atoms. The first kappa shape index (κ1) is 19.0. The van der Waals surface area contributed by atoms with Crippen LogP contribution >= 0.6 is 11.3 Å². The fourth-order valence-electron chi connectivity index (χ4n) is 2.68. The third-order valence-electron chi connectivity index (χ3n) is 3.92. The van der Waals surface area contributed by atoms with Crippen LogP contribution in [0.4, 0.5) is 4.39 Å². The van der Waals surface area contributed by atoms with Crippen molar-refractivity contribution in [1.82, 2.24) is 4.57 Å². The largest absolute Gasteiger partial charge is 0.465 e. The summed E-state index contributed by atoms with van der Waals surface area (Å²) in [5.74, 6) is -1.09. The number of esters is 1. The van der Waals surface area contributed by atoms with Crippen molar-refractivity contribution < 1.29 is 18.7 Å². The number of aromatic nitrogens is 1. The van der Waals surface area contributed by atoms with Gasteiger partial charge in [-0.05, 0) is 49.2 Å². The van der Waals surface area contributed by atoms with Crippen LogP contribution in [0, 0.1) is 12.7 Å². The molecule has 0 saturated heterocycles. The molecule has 0 atom stereocenters. The number of fused-ring (bicyclic) bond motifs is 1. The smallest absolute Gasteiger partial charge is 0.326 e. The standard InChI is InChI=1S/C20H19FN2O3S/c1-3-26-19(25)12-23-16-9-4-13(2)10-17(16)27-20(23)22-18(24)11-14-5-7-15(21)8-6-14/h4-10H,3,11-12H2,1-2H3. The molecule has 0 saturated carbocycles. The van der Waals surface area contributed by atoms with Gasteiger partial charge >= 0.3 is 5.97 Å². The molecule has 3 aromatic rings. The van der Waals surface area contributed by atoms with Gasteiger partial charge < -0.3 is 9.30 Å². The second-order valence-corrected chi connectivity index (χ2v) is 7.06. The molecule has 0 aliphatic rings. The monoisotopic (exact) mass is 386 g/mol. The summed E-state index contributed by atoms with van der Waals surface area (Å²) < 4.78 is 20.7. The maximum Gasteiger partial charge on any atom is 0.326 e. The number of carbonyl (C=O) groups excluding carboxylic acids is 2. The lowest BCUT2D eigenvalue weighted by Crippen LogP contribution is -2.23. The van der Waals surface area contributed by atoms with Gasteiger partial charge in [-0.25, -0.2) is 4.39 Å². The van der Waals surface area contributed by atoms with E-state index >= 15 is 0 Å². The van der Waals surface area contributed by atoms with Crippen molar-refractivity contribution in [2.45, 2.75) is 26.8 Å². The van der Waals surface area contributed by atoms with E-state index in [9.17, 15) is 14.0 Å². The van der Waals surface area contributed by atoms with E-state index in [1.807, 2.05) is 25.1 Å². The summed E-state index contributed by atoms with van der Waals surface area (Å²) in [4.78, 5) is 29.0. The van der Waals surface area contributed by atoms with Crippen molar-refractivity contribution in [2.24, 2.45) is 4.99 Å². The number of hydrogen-bond acceptors (Lipinski definition) is 4. The normalized spacial score (nSPS) is 11.7. The highest BCUT2D eigenvalue weighted by Gasteiger charge is 2.12. The summed E-state index contributed by atoms with van der Waals surface area (Å²) in [5, 5.41) is 0. The van der Waals surface area contributed by atoms with Gasteiger partial charge in [-0.1, -0.05) is 29.5 Å². The number of benzene rings is 2. The lowest BCUT2D eigenvalue weighted by molar-refractivity contribution is -0.143. The minimum absolute atomic E-state index is 0.0143. The molecule has 0 aliphatic carbocycles. The topological polar surface area (TPSA) is 60.7 Å². The van der Waals surface area contributed by atoms with Crippen LogP contribution in [0.15, 0.2) is 47.5 Å². The van der Waals surface area contributed by atoms with Gasteiger partial charge in [0.15, 0.2) is 4.80 Å². The van der Waals surface area contributed by atoms with Gasteiger partial charge in [0.25, 0.3) is 5.91 Å². The maximum atomic E-state index is 13.0. The Morgan fingerprint density at radius 2 is 1.93 bits per heavy atom. The van der Waals surface area contributed by atoms with Gasteiger partial charge in [-0.15, -0.1) is 0 Å². The molecule has 0 radical (unpaired) electrons. The fourth-order valence-corrected chi connectivity index (χ4v) is 3.82. The third-order valence-corrected chi connectivity index (χ3v) is 4.96. The molecular weight excluding hydrogens is 367 g/mol. The molecule has 140 valence electrons. The Balaban J connectivity index is 1.97. The second-order valence-electron chi connectivity index (χ2n) is 6.06. The van der Waals surface area contributed by atoms with E-state index in [1.165, 1.54) is 23.5 Å². The summed E-state index contributed by atoms with van der Waals surface area (Å²) >= 11 is 1.35. The number of rotatable bonds is 5. The molecule has 1 aromatic heterocycles. The summed E-state index contributed by atoms with van der Waals surface area (Å²) in [6.45, 7) is 4.00. The number of carbonyl (C=O) groups is 2. The van der Waals surface area contributed by atoms with Crippen molar-refractivity contribution in [3.05, 3.63) is 64.2 Å². The first-order chi connectivity index (χ1) is 13.0. The van der Waals surface area contributed by atoms with E-state index in [0.29, 0.717) is 10.4 Å². The van der Waals surface area contributed by atoms with Gasteiger partial charge in [0.1, 0.15) is 12.4 Å². The van der Waals surface area contributed by atoms with Gasteiger partial charge in [0, 0.05) is 0 Å². The molecule has 0 N–H and O–H groups in total. The van der Waals surface area contributed by atoms with Crippen LogP contribution in [0.25, 0.3) is 10.2 Å². The highest BCUT2D eigenvalue weighted by atomic mass is 32.1. The zero-order valence-electron chi connectivity index (χ0n) is 15.1. The van der Waals surface area contributed by atoms with Gasteiger partial charge in [0.05, 0.1) is 23.2 Å². The minimum Gasteiger partial charge on any atom is -0.465 e. The molecule has 27 heavy (non-hydrogen) atoms. The van der Waals surface area contributed by atoms with Crippen LogP contribution in [0.1, 0.15) is 18.1 Å². The molecule has 1 heterocycles. The highest BCUT2D eigenvalue weighted by molar-refractivity contribution is 7.16. The average molecular weight is 386 g/mol. The molecule has 3 rings (SSSR count). The predicted molar refractivity (Wildman–Crippen MR) is 102 cm³/mol. The van der Waals surface area contributed by atoms with E-state index < -0.39 is 0 Å². The Hall–Kier alpha value is -2.80. The summed E-state index contributed by atoms with van der Waals surface area (Å²) in [6.07, 6.45) is 0.0625. The van der Waals surface area contributed by atoms with Crippen LogP contribution in [0.3, 0.4) is 0 Å². The van der Waals surface area contributed by atoms with Gasteiger partial charge in [-0.3, -0.25) is 9.59 Å². The maximum absolute atomic E-state index is 13.0.